The summed E-state index contributed by atoms with van der Waals surface area (Å²) >= 11 is 12.0. The van der Waals surface area contributed by atoms with Crippen molar-refractivity contribution in [1.82, 2.24) is 19.6 Å². The van der Waals surface area contributed by atoms with Crippen molar-refractivity contribution in [2.24, 2.45) is 0 Å². The molecule has 4 nitrogen and oxygen atoms in total. The second kappa shape index (κ2) is 4.23. The van der Waals surface area contributed by atoms with Gasteiger partial charge >= 0.3 is 0 Å². The predicted octanol–water partition coefficient (Wildman–Crippen LogP) is 3.41. The minimum atomic E-state index is 0.338. The monoisotopic (exact) mass is 278 g/mol. The molecule has 0 spiro atoms. The van der Waals surface area contributed by atoms with Gasteiger partial charge in [0.25, 0.3) is 0 Å². The van der Waals surface area contributed by atoms with Gasteiger partial charge in [-0.1, -0.05) is 29.3 Å². The Bertz CT molecular complexity index is 722. The molecule has 90 valence electrons. The van der Waals surface area contributed by atoms with Gasteiger partial charge in [-0.2, -0.15) is 5.10 Å². The molecule has 3 rings (SSSR count). The average Bonchev–Trinajstić information content (AvgIpc) is 2.67. The molecule has 3 heterocycles. The van der Waals surface area contributed by atoms with E-state index in [9.17, 15) is 0 Å². The van der Waals surface area contributed by atoms with Crippen LogP contribution in [0.15, 0.2) is 30.5 Å². The summed E-state index contributed by atoms with van der Waals surface area (Å²) in [5.74, 6) is 0. The van der Waals surface area contributed by atoms with Crippen molar-refractivity contribution >= 4 is 28.8 Å². The van der Waals surface area contributed by atoms with E-state index >= 15 is 0 Å². The van der Waals surface area contributed by atoms with Crippen LogP contribution < -0.4 is 0 Å². The maximum absolute atomic E-state index is 6.09. The van der Waals surface area contributed by atoms with Gasteiger partial charge in [-0.25, -0.2) is 9.50 Å². The molecule has 0 radical (unpaired) electrons. The van der Waals surface area contributed by atoms with Gasteiger partial charge in [0.15, 0.2) is 5.65 Å². The third-order valence-corrected chi connectivity index (χ3v) is 3.07. The largest absolute Gasteiger partial charge is 0.256 e. The molecule has 0 aliphatic carbocycles. The third kappa shape index (κ3) is 1.74. The quantitative estimate of drug-likeness (QED) is 0.641. The fourth-order valence-electron chi connectivity index (χ4n) is 1.87. The van der Waals surface area contributed by atoms with Crippen LogP contribution in [0.5, 0.6) is 0 Å². The average molecular weight is 279 g/mol. The Labute approximate surface area is 113 Å². The second-order valence-corrected chi connectivity index (χ2v) is 4.59. The molecule has 0 atom stereocenters. The fourth-order valence-corrected chi connectivity index (χ4v) is 2.33. The number of aromatic nitrogens is 4. The zero-order valence-corrected chi connectivity index (χ0v) is 10.9. The van der Waals surface area contributed by atoms with Gasteiger partial charge in [0.1, 0.15) is 10.3 Å². The van der Waals surface area contributed by atoms with Crippen LogP contribution in [0.1, 0.15) is 5.69 Å². The molecule has 0 aromatic carbocycles. The lowest BCUT2D eigenvalue weighted by Crippen LogP contribution is -1.92. The maximum atomic E-state index is 6.09. The van der Waals surface area contributed by atoms with Crippen molar-refractivity contribution in [3.8, 4) is 11.3 Å². The molecule has 0 N–H and O–H groups in total. The zero-order chi connectivity index (χ0) is 12.7. The van der Waals surface area contributed by atoms with Crippen molar-refractivity contribution in [2.75, 3.05) is 0 Å². The Kier molecular flexibility index (Phi) is 2.69. The Balaban J connectivity index is 2.39. The summed E-state index contributed by atoms with van der Waals surface area (Å²) in [5, 5.41) is 5.12. The number of aryl methyl sites for hydroxylation is 1. The standard InChI is InChI=1S/C12H8Cl2N4/c1-7-11(8-4-2-3-5-15-8)12-16-9(13)6-10(14)18(12)17-7/h2-6H,1H3. The lowest BCUT2D eigenvalue weighted by Gasteiger charge is -2.00. The molecule has 0 fully saturated rings. The summed E-state index contributed by atoms with van der Waals surface area (Å²) in [6.45, 7) is 1.89. The predicted molar refractivity (Wildman–Crippen MR) is 71.0 cm³/mol. The van der Waals surface area contributed by atoms with Crippen LogP contribution in [0.4, 0.5) is 0 Å². The highest BCUT2D eigenvalue weighted by Gasteiger charge is 2.16. The van der Waals surface area contributed by atoms with Crippen molar-refractivity contribution in [3.05, 3.63) is 46.5 Å². The van der Waals surface area contributed by atoms with Crippen molar-refractivity contribution in [3.63, 3.8) is 0 Å². The highest BCUT2D eigenvalue weighted by molar-refractivity contribution is 6.33. The second-order valence-electron chi connectivity index (χ2n) is 3.81. The molecule has 6 heteroatoms. The van der Waals surface area contributed by atoms with Gasteiger partial charge in [-0.05, 0) is 19.1 Å². The van der Waals surface area contributed by atoms with Gasteiger partial charge in [-0.15, -0.1) is 0 Å². The Morgan fingerprint density at radius 3 is 2.78 bits per heavy atom. The van der Waals surface area contributed by atoms with Crippen LogP contribution >= 0.6 is 23.2 Å². The molecule has 0 bridgehead atoms. The van der Waals surface area contributed by atoms with E-state index in [0.29, 0.717) is 16.0 Å². The van der Waals surface area contributed by atoms with E-state index in [-0.39, 0.29) is 0 Å². The number of pyridine rings is 1. The number of rotatable bonds is 1. The highest BCUT2D eigenvalue weighted by Crippen LogP contribution is 2.28. The van der Waals surface area contributed by atoms with Crippen molar-refractivity contribution in [2.45, 2.75) is 6.92 Å². The summed E-state index contributed by atoms with van der Waals surface area (Å²) in [6, 6.07) is 7.24. The van der Waals surface area contributed by atoms with Crippen LogP contribution in [0.25, 0.3) is 16.9 Å². The van der Waals surface area contributed by atoms with Crippen LogP contribution in [-0.4, -0.2) is 19.6 Å². The van der Waals surface area contributed by atoms with E-state index in [1.807, 2.05) is 25.1 Å². The van der Waals surface area contributed by atoms with Crippen molar-refractivity contribution < 1.29 is 0 Å². The van der Waals surface area contributed by atoms with Crippen LogP contribution in [0, 0.1) is 6.92 Å². The van der Waals surface area contributed by atoms with Crippen LogP contribution in [-0.2, 0) is 0 Å². The molecule has 18 heavy (non-hydrogen) atoms. The highest BCUT2D eigenvalue weighted by atomic mass is 35.5. The molecule has 3 aromatic rings. The normalized spacial score (nSPS) is 11.1. The van der Waals surface area contributed by atoms with Gasteiger partial charge < -0.3 is 0 Å². The summed E-state index contributed by atoms with van der Waals surface area (Å²) in [5.41, 5.74) is 3.07. The lowest BCUT2D eigenvalue weighted by molar-refractivity contribution is 0.918. The van der Waals surface area contributed by atoms with E-state index in [2.05, 4.69) is 15.1 Å². The Morgan fingerprint density at radius 1 is 1.22 bits per heavy atom. The number of nitrogens with zero attached hydrogens (tertiary/aromatic N) is 4. The smallest absolute Gasteiger partial charge is 0.168 e. The molecule has 0 aliphatic heterocycles. The fraction of sp³-hybridized carbons (Fsp3) is 0.0833. The minimum Gasteiger partial charge on any atom is -0.256 e. The number of fused-ring (bicyclic) bond motifs is 1. The molecule has 3 aromatic heterocycles. The van der Waals surface area contributed by atoms with Crippen LogP contribution in [0.3, 0.4) is 0 Å². The molecular formula is C12H8Cl2N4. The van der Waals surface area contributed by atoms with Gasteiger partial charge in [0.2, 0.25) is 0 Å². The van der Waals surface area contributed by atoms with Crippen LogP contribution in [0.2, 0.25) is 10.3 Å². The van der Waals surface area contributed by atoms with E-state index in [1.165, 1.54) is 0 Å². The number of hydrogen-bond donors (Lipinski definition) is 0. The van der Waals surface area contributed by atoms with E-state index in [4.69, 9.17) is 23.2 Å². The number of hydrogen-bond acceptors (Lipinski definition) is 3. The molecule has 0 saturated carbocycles. The summed E-state index contributed by atoms with van der Waals surface area (Å²) in [7, 11) is 0. The van der Waals surface area contributed by atoms with E-state index in [1.54, 1.807) is 16.8 Å². The maximum Gasteiger partial charge on any atom is 0.168 e. The summed E-state index contributed by atoms with van der Waals surface area (Å²) in [6.07, 6.45) is 1.73. The zero-order valence-electron chi connectivity index (χ0n) is 9.43. The first-order valence-corrected chi connectivity index (χ1v) is 6.05. The van der Waals surface area contributed by atoms with Gasteiger partial charge in [-0.3, -0.25) is 4.98 Å². The molecular weight excluding hydrogens is 271 g/mol. The topological polar surface area (TPSA) is 43.1 Å². The molecule has 0 saturated heterocycles. The minimum absolute atomic E-state index is 0.338. The number of halogens is 2. The van der Waals surface area contributed by atoms with Crippen molar-refractivity contribution in [1.29, 1.82) is 0 Å². The summed E-state index contributed by atoms with van der Waals surface area (Å²) < 4.78 is 1.56. The molecule has 0 aliphatic rings. The molecule has 0 amide bonds. The lowest BCUT2D eigenvalue weighted by atomic mass is 10.1. The Morgan fingerprint density at radius 2 is 2.06 bits per heavy atom. The first-order chi connectivity index (χ1) is 8.66. The van der Waals surface area contributed by atoms with E-state index in [0.717, 1.165) is 17.0 Å². The van der Waals surface area contributed by atoms with Gasteiger partial charge in [0.05, 0.1) is 17.0 Å². The first-order valence-electron chi connectivity index (χ1n) is 5.29. The first kappa shape index (κ1) is 11.4. The SMILES string of the molecule is Cc1nn2c(Cl)cc(Cl)nc2c1-c1ccccn1. The summed E-state index contributed by atoms with van der Waals surface area (Å²) in [4.78, 5) is 8.59. The molecule has 0 unspecified atom stereocenters. The van der Waals surface area contributed by atoms with Gasteiger partial charge in [0, 0.05) is 12.3 Å². The van der Waals surface area contributed by atoms with E-state index < -0.39 is 0 Å². The Hall–Kier alpha value is -1.65. The third-order valence-electron chi connectivity index (χ3n) is 2.61.